The number of hydrogen-bond donors (Lipinski definition) is 2. The number of rotatable bonds is 3. The first kappa shape index (κ1) is 18.4. The molecule has 0 unspecified atom stereocenters. The van der Waals surface area contributed by atoms with Crippen molar-refractivity contribution in [3.8, 4) is 0 Å². The molecule has 0 fully saturated rings. The van der Waals surface area contributed by atoms with E-state index in [4.69, 9.17) is 0 Å². The normalized spacial score (nSPS) is 17.4. The van der Waals surface area contributed by atoms with Crippen molar-refractivity contribution in [1.82, 2.24) is 20.2 Å². The predicted octanol–water partition coefficient (Wildman–Crippen LogP) is 2.53. The zero-order chi connectivity index (χ0) is 18.8. The molecule has 0 saturated heterocycles. The van der Waals surface area contributed by atoms with Gasteiger partial charge in [-0.15, -0.1) is 0 Å². The van der Waals surface area contributed by atoms with Crippen LogP contribution in [0.25, 0.3) is 0 Å². The zero-order valence-electron chi connectivity index (χ0n) is 14.3. The molecule has 0 radical (unpaired) electrons. The van der Waals surface area contributed by atoms with Crippen molar-refractivity contribution in [2.24, 2.45) is 0 Å². The number of esters is 1. The van der Waals surface area contributed by atoms with Gasteiger partial charge in [-0.2, -0.15) is 0 Å². The number of H-pyrrole nitrogens is 1. The average Bonchev–Trinajstić information content (AvgIpc) is 3.09. The quantitative estimate of drug-likeness (QED) is 0.741. The number of nitrogens with zero attached hydrogens (tertiary/aromatic N) is 2. The van der Waals surface area contributed by atoms with E-state index in [1.807, 2.05) is 0 Å². The fourth-order valence-corrected chi connectivity index (χ4v) is 3.37. The number of halogens is 2. The Bertz CT molecular complexity index is 841. The summed E-state index contributed by atoms with van der Waals surface area (Å²) in [5.74, 6) is -0.999. The predicted molar refractivity (Wildman–Crippen MR) is 95.0 cm³/mol. The van der Waals surface area contributed by atoms with Crippen molar-refractivity contribution in [2.45, 2.75) is 25.4 Å². The number of benzene rings is 1. The van der Waals surface area contributed by atoms with Crippen LogP contribution in [0.1, 0.15) is 29.9 Å². The highest BCUT2D eigenvalue weighted by Crippen LogP contribution is 2.35. The lowest BCUT2D eigenvalue weighted by Gasteiger charge is -2.35. The average molecular weight is 425 g/mol. The van der Waals surface area contributed by atoms with E-state index in [0.29, 0.717) is 28.7 Å². The van der Waals surface area contributed by atoms with Gasteiger partial charge in [-0.25, -0.2) is 19.0 Å². The van der Waals surface area contributed by atoms with Crippen molar-refractivity contribution < 1.29 is 18.7 Å². The number of urea groups is 1. The van der Waals surface area contributed by atoms with Gasteiger partial charge in [0.2, 0.25) is 0 Å². The van der Waals surface area contributed by atoms with Gasteiger partial charge in [0, 0.05) is 28.7 Å². The van der Waals surface area contributed by atoms with Crippen LogP contribution in [-0.4, -0.2) is 46.6 Å². The molecule has 2 amide bonds. The highest BCUT2D eigenvalue weighted by atomic mass is 79.9. The third-order valence-electron chi connectivity index (χ3n) is 4.34. The molecule has 3 rings (SSSR count). The lowest BCUT2D eigenvalue weighted by Crippen LogP contribution is -2.50. The summed E-state index contributed by atoms with van der Waals surface area (Å²) < 4.78 is 19.9. The van der Waals surface area contributed by atoms with Crippen molar-refractivity contribution in [1.29, 1.82) is 0 Å². The zero-order valence-corrected chi connectivity index (χ0v) is 15.8. The third kappa shape index (κ3) is 3.44. The molecule has 138 valence electrons. The molecule has 2 aromatic rings. The minimum atomic E-state index is -0.816. The molecule has 0 spiro atoms. The molecule has 0 aliphatic carbocycles. The Morgan fingerprint density at radius 1 is 1.50 bits per heavy atom. The van der Waals surface area contributed by atoms with Crippen molar-refractivity contribution >= 4 is 27.9 Å². The van der Waals surface area contributed by atoms with E-state index in [1.165, 1.54) is 31.3 Å². The topological polar surface area (TPSA) is 87.3 Å². The molecule has 2 atom stereocenters. The number of nitrogens with one attached hydrogen (secondary N) is 2. The molecule has 7 nitrogen and oxygen atoms in total. The van der Waals surface area contributed by atoms with Crippen LogP contribution < -0.4 is 5.32 Å². The number of methoxy groups -OCH3 is 1. The summed E-state index contributed by atoms with van der Waals surface area (Å²) >= 11 is 3.24. The van der Waals surface area contributed by atoms with E-state index in [9.17, 15) is 14.0 Å². The number of hydrogen-bond acceptors (Lipinski definition) is 4. The number of ether oxygens (including phenoxy) is 1. The first-order valence-electron chi connectivity index (χ1n) is 8.04. The summed E-state index contributed by atoms with van der Waals surface area (Å²) in [6.45, 7) is 1.89. The molecule has 26 heavy (non-hydrogen) atoms. The SMILES string of the molecule is COC(=O)[C@@H](C)NC(=O)N1CCc2[nH]cnc2[C@H]1c1ccc(Br)cc1F. The van der Waals surface area contributed by atoms with Gasteiger partial charge in [-0.05, 0) is 19.1 Å². The first-order chi connectivity index (χ1) is 12.4. The maximum absolute atomic E-state index is 14.6. The van der Waals surface area contributed by atoms with Gasteiger partial charge in [0.15, 0.2) is 0 Å². The highest BCUT2D eigenvalue weighted by molar-refractivity contribution is 9.10. The minimum Gasteiger partial charge on any atom is -0.467 e. The Hall–Kier alpha value is -2.42. The molecule has 2 N–H and O–H groups in total. The first-order valence-corrected chi connectivity index (χ1v) is 8.83. The summed E-state index contributed by atoms with van der Waals surface area (Å²) in [5, 5.41) is 2.60. The second kappa shape index (κ2) is 7.45. The number of aromatic nitrogens is 2. The largest absolute Gasteiger partial charge is 0.467 e. The maximum Gasteiger partial charge on any atom is 0.328 e. The smallest absolute Gasteiger partial charge is 0.328 e. The second-order valence-electron chi connectivity index (χ2n) is 5.97. The molecule has 2 heterocycles. The molecular weight excluding hydrogens is 407 g/mol. The lowest BCUT2D eigenvalue weighted by atomic mass is 9.95. The minimum absolute atomic E-state index is 0.335. The van der Waals surface area contributed by atoms with E-state index in [2.05, 4.69) is 36.0 Å². The Morgan fingerprint density at radius 2 is 2.27 bits per heavy atom. The maximum atomic E-state index is 14.6. The van der Waals surface area contributed by atoms with Crippen LogP contribution in [0.4, 0.5) is 9.18 Å². The Balaban J connectivity index is 1.96. The summed E-state index contributed by atoms with van der Waals surface area (Å²) in [7, 11) is 1.25. The van der Waals surface area contributed by atoms with Crippen molar-refractivity contribution in [3.63, 3.8) is 0 Å². The van der Waals surface area contributed by atoms with Gasteiger partial charge in [0.05, 0.1) is 19.1 Å². The standard InChI is InChI=1S/C17H18BrFN4O3/c1-9(16(24)26-2)22-17(25)23-6-5-13-14(21-8-20-13)15(23)11-4-3-10(18)7-12(11)19/h3-4,7-9,15H,5-6H2,1-2H3,(H,20,21)(H,22,25)/t9-,15-/m1/s1. The van der Waals surface area contributed by atoms with Crippen LogP contribution in [0, 0.1) is 5.82 Å². The number of amides is 2. The van der Waals surface area contributed by atoms with E-state index >= 15 is 0 Å². The van der Waals surface area contributed by atoms with E-state index in [0.717, 1.165) is 5.69 Å². The fraction of sp³-hybridized carbons (Fsp3) is 0.353. The third-order valence-corrected chi connectivity index (χ3v) is 4.83. The fourth-order valence-electron chi connectivity index (χ4n) is 3.04. The number of aromatic amines is 1. The second-order valence-corrected chi connectivity index (χ2v) is 6.89. The molecule has 1 aliphatic rings. The van der Waals surface area contributed by atoms with Gasteiger partial charge < -0.3 is 19.9 Å². The van der Waals surface area contributed by atoms with E-state index < -0.39 is 29.9 Å². The van der Waals surface area contributed by atoms with Crippen LogP contribution in [0.15, 0.2) is 29.0 Å². The summed E-state index contributed by atoms with van der Waals surface area (Å²) in [4.78, 5) is 33.2. The van der Waals surface area contributed by atoms with Crippen LogP contribution in [0.3, 0.4) is 0 Å². The van der Waals surface area contributed by atoms with E-state index in [-0.39, 0.29) is 0 Å². The van der Waals surface area contributed by atoms with Crippen LogP contribution in [0.2, 0.25) is 0 Å². The number of carbonyl (C=O) groups excluding carboxylic acids is 2. The Labute approximate surface area is 158 Å². The molecule has 1 aliphatic heterocycles. The Kier molecular flexibility index (Phi) is 5.26. The monoisotopic (exact) mass is 424 g/mol. The summed E-state index contributed by atoms with van der Waals surface area (Å²) in [5.41, 5.74) is 1.79. The number of imidazole rings is 1. The van der Waals surface area contributed by atoms with Gasteiger partial charge >= 0.3 is 12.0 Å². The number of carbonyl (C=O) groups is 2. The number of fused-ring (bicyclic) bond motifs is 1. The molecule has 9 heteroatoms. The lowest BCUT2D eigenvalue weighted by molar-refractivity contribution is -0.142. The molecule has 1 aromatic heterocycles. The highest BCUT2D eigenvalue weighted by Gasteiger charge is 2.36. The van der Waals surface area contributed by atoms with Gasteiger partial charge in [-0.3, -0.25) is 0 Å². The summed E-state index contributed by atoms with van der Waals surface area (Å²) in [6, 6.07) is 2.70. The molecule has 1 aromatic carbocycles. The van der Waals surface area contributed by atoms with Crippen LogP contribution >= 0.6 is 15.9 Å². The molecule has 0 bridgehead atoms. The molecular formula is C17H18BrFN4O3. The van der Waals surface area contributed by atoms with E-state index in [1.54, 1.807) is 12.1 Å². The van der Waals surface area contributed by atoms with Gasteiger partial charge in [-0.1, -0.05) is 22.0 Å². The van der Waals surface area contributed by atoms with Crippen molar-refractivity contribution in [3.05, 3.63) is 51.8 Å². The van der Waals surface area contributed by atoms with Gasteiger partial charge in [0.25, 0.3) is 0 Å². The Morgan fingerprint density at radius 3 is 2.96 bits per heavy atom. The van der Waals surface area contributed by atoms with Crippen LogP contribution in [0.5, 0.6) is 0 Å². The molecule has 0 saturated carbocycles. The van der Waals surface area contributed by atoms with Crippen molar-refractivity contribution in [2.75, 3.05) is 13.7 Å². The van der Waals surface area contributed by atoms with Crippen LogP contribution in [-0.2, 0) is 16.0 Å². The summed E-state index contributed by atoms with van der Waals surface area (Å²) in [6.07, 6.45) is 2.09. The van der Waals surface area contributed by atoms with Gasteiger partial charge in [0.1, 0.15) is 17.9 Å².